The SMILES string of the molecule is [2H]N1CCN(C(=O)OC(C)C)CC1. The fraction of sp³-hybridized carbons (Fsp3) is 0.875. The van der Waals surface area contributed by atoms with Crippen LogP contribution in [0.3, 0.4) is 0 Å². The lowest BCUT2D eigenvalue weighted by Gasteiger charge is -2.27. The zero-order valence-corrected chi connectivity index (χ0v) is 7.62. The number of hydrogen-bond acceptors (Lipinski definition) is 3. The first kappa shape index (κ1) is 7.86. The van der Waals surface area contributed by atoms with Crippen molar-refractivity contribution in [3.63, 3.8) is 0 Å². The quantitative estimate of drug-likeness (QED) is 0.625. The van der Waals surface area contributed by atoms with E-state index in [9.17, 15) is 4.79 Å². The summed E-state index contributed by atoms with van der Waals surface area (Å²) >= 11 is 0. The number of amides is 1. The van der Waals surface area contributed by atoms with Crippen molar-refractivity contribution in [3.8, 4) is 0 Å². The van der Waals surface area contributed by atoms with Crippen LogP contribution < -0.4 is 5.31 Å². The normalized spacial score (nSPS) is 20.9. The summed E-state index contributed by atoms with van der Waals surface area (Å²) < 4.78 is 12.3. The van der Waals surface area contributed by atoms with Gasteiger partial charge in [-0.25, -0.2) is 4.79 Å². The van der Waals surface area contributed by atoms with Crippen LogP contribution in [0.2, 0.25) is 1.41 Å². The predicted octanol–water partition coefficient (Wildman–Crippen LogP) is 0.437. The van der Waals surface area contributed by atoms with Gasteiger partial charge < -0.3 is 14.9 Å². The molecule has 0 saturated carbocycles. The van der Waals surface area contributed by atoms with Gasteiger partial charge in [-0.1, -0.05) is 0 Å². The maximum atomic E-state index is 11.3. The number of nitrogens with one attached hydrogen (secondary N) is 1. The minimum absolute atomic E-state index is 0.0680. The molecule has 1 heterocycles. The van der Waals surface area contributed by atoms with E-state index in [0.717, 1.165) is 0 Å². The average molecular weight is 173 g/mol. The molecule has 0 aromatic heterocycles. The van der Waals surface area contributed by atoms with E-state index in [-0.39, 0.29) is 12.2 Å². The smallest absolute Gasteiger partial charge is 0.410 e. The molecule has 1 N–H and O–H groups in total. The van der Waals surface area contributed by atoms with Gasteiger partial charge >= 0.3 is 6.09 Å². The van der Waals surface area contributed by atoms with Crippen molar-refractivity contribution in [3.05, 3.63) is 0 Å². The molecule has 1 rings (SSSR count). The highest BCUT2D eigenvalue weighted by Gasteiger charge is 2.17. The standard InChI is InChI=1S/C8H16N2O2/c1-7(2)12-8(11)10-5-3-9-4-6-10/h7,9H,3-6H2,1-2H3/i/hD. The molecule has 1 fully saturated rings. The number of carbonyl (C=O) groups excluding carboxylic acids is 1. The maximum absolute atomic E-state index is 11.3. The molecule has 70 valence electrons. The molecule has 4 nitrogen and oxygen atoms in total. The molecule has 0 atom stereocenters. The summed E-state index contributed by atoms with van der Waals surface area (Å²) in [6.45, 7) is 6.06. The van der Waals surface area contributed by atoms with Gasteiger partial charge in [0.1, 0.15) is 1.41 Å². The van der Waals surface area contributed by atoms with Crippen LogP contribution in [0.15, 0.2) is 0 Å². The van der Waals surface area contributed by atoms with Crippen molar-refractivity contribution in [1.29, 1.82) is 0 Å². The molecular formula is C8H16N2O2. The number of ether oxygens (including phenoxy) is 1. The zero-order chi connectivity index (χ0) is 9.84. The summed E-state index contributed by atoms with van der Waals surface area (Å²) in [4.78, 5) is 13.0. The summed E-state index contributed by atoms with van der Waals surface area (Å²) in [6, 6.07) is 0. The summed E-state index contributed by atoms with van der Waals surface area (Å²) in [7, 11) is 0. The molecule has 1 aliphatic rings. The maximum Gasteiger partial charge on any atom is 0.410 e. The average Bonchev–Trinajstić information content (AvgIpc) is 2.04. The van der Waals surface area contributed by atoms with E-state index in [2.05, 4.69) is 0 Å². The first-order chi connectivity index (χ1) is 6.09. The Bertz CT molecular complexity index is 179. The van der Waals surface area contributed by atoms with E-state index in [1.807, 2.05) is 13.8 Å². The van der Waals surface area contributed by atoms with Gasteiger partial charge in [-0.15, -0.1) is 0 Å². The van der Waals surface area contributed by atoms with E-state index in [1.165, 1.54) is 5.31 Å². The Kier molecular flexibility index (Phi) is 2.82. The van der Waals surface area contributed by atoms with Crippen LogP contribution in [-0.4, -0.2) is 43.3 Å². The number of carbonyl (C=O) groups is 1. The molecule has 1 saturated heterocycles. The van der Waals surface area contributed by atoms with Crippen molar-refractivity contribution < 1.29 is 10.9 Å². The van der Waals surface area contributed by atoms with E-state index in [4.69, 9.17) is 6.15 Å². The second-order valence-electron chi connectivity index (χ2n) is 3.09. The highest BCUT2D eigenvalue weighted by molar-refractivity contribution is 5.67. The Hall–Kier alpha value is -0.770. The highest BCUT2D eigenvalue weighted by Crippen LogP contribution is 1.99. The van der Waals surface area contributed by atoms with Gasteiger partial charge in [0.05, 0.1) is 6.10 Å². The molecule has 0 unspecified atom stereocenters. The van der Waals surface area contributed by atoms with Crippen LogP contribution in [0.5, 0.6) is 0 Å². The second kappa shape index (κ2) is 4.30. The van der Waals surface area contributed by atoms with Gasteiger partial charge in [-0.05, 0) is 13.8 Å². The first-order valence-electron chi connectivity index (χ1n) is 4.73. The molecule has 0 radical (unpaired) electrons. The summed E-state index contributed by atoms with van der Waals surface area (Å²) in [6.07, 6.45) is -0.329. The van der Waals surface area contributed by atoms with Crippen molar-refractivity contribution in [2.45, 2.75) is 20.0 Å². The van der Waals surface area contributed by atoms with Gasteiger partial charge in [-0.3, -0.25) is 0 Å². The van der Waals surface area contributed by atoms with Crippen molar-refractivity contribution in [1.82, 2.24) is 10.2 Å². The van der Waals surface area contributed by atoms with E-state index >= 15 is 0 Å². The van der Waals surface area contributed by atoms with Crippen LogP contribution in [0.4, 0.5) is 4.79 Å². The van der Waals surface area contributed by atoms with Crippen LogP contribution in [0, 0.1) is 0 Å². The lowest BCUT2D eigenvalue weighted by molar-refractivity contribution is 0.0732. The molecule has 0 spiro atoms. The van der Waals surface area contributed by atoms with Crippen molar-refractivity contribution >= 4 is 6.09 Å². The predicted molar refractivity (Wildman–Crippen MR) is 46.1 cm³/mol. The molecule has 1 aliphatic heterocycles. The van der Waals surface area contributed by atoms with Gasteiger partial charge in [-0.2, -0.15) is 0 Å². The minimum atomic E-state index is -0.261. The van der Waals surface area contributed by atoms with Gasteiger partial charge in [0.25, 0.3) is 0 Å². The second-order valence-corrected chi connectivity index (χ2v) is 3.09. The third kappa shape index (κ3) is 2.70. The van der Waals surface area contributed by atoms with E-state index in [0.29, 0.717) is 26.2 Å². The molecule has 1 amide bonds. The fourth-order valence-corrected chi connectivity index (χ4v) is 1.07. The van der Waals surface area contributed by atoms with E-state index < -0.39 is 0 Å². The minimum Gasteiger partial charge on any atom is -0.447 e. The van der Waals surface area contributed by atoms with Crippen LogP contribution in [0.25, 0.3) is 0 Å². The van der Waals surface area contributed by atoms with Gasteiger partial charge in [0, 0.05) is 26.2 Å². The Labute approximate surface area is 74.3 Å². The molecule has 0 bridgehead atoms. The molecule has 0 aromatic carbocycles. The topological polar surface area (TPSA) is 41.6 Å². The molecule has 0 aliphatic carbocycles. The highest BCUT2D eigenvalue weighted by atomic mass is 16.6. The molecule has 4 heteroatoms. The lowest BCUT2D eigenvalue weighted by Crippen LogP contribution is -2.47. The third-order valence-electron chi connectivity index (χ3n) is 1.65. The van der Waals surface area contributed by atoms with Gasteiger partial charge in [0.15, 0.2) is 0 Å². The van der Waals surface area contributed by atoms with Crippen LogP contribution in [-0.2, 0) is 4.74 Å². The summed E-state index contributed by atoms with van der Waals surface area (Å²) in [5.41, 5.74) is 0. The van der Waals surface area contributed by atoms with Crippen molar-refractivity contribution in [2.75, 3.05) is 26.2 Å². The Balaban J connectivity index is 2.31. The van der Waals surface area contributed by atoms with E-state index in [1.54, 1.807) is 4.90 Å². The number of piperazine rings is 1. The van der Waals surface area contributed by atoms with Crippen LogP contribution >= 0.6 is 0 Å². The fourth-order valence-electron chi connectivity index (χ4n) is 1.07. The Morgan fingerprint density at radius 3 is 2.67 bits per heavy atom. The monoisotopic (exact) mass is 173 g/mol. The number of hydrogen-bond donors (Lipinski definition) is 1. The number of nitrogens with zero attached hydrogens (tertiary/aromatic N) is 1. The van der Waals surface area contributed by atoms with Crippen LogP contribution in [0.1, 0.15) is 13.8 Å². The first-order valence-corrected chi connectivity index (χ1v) is 4.29. The summed E-state index contributed by atoms with van der Waals surface area (Å²) in [5.74, 6) is 0. The van der Waals surface area contributed by atoms with Gasteiger partial charge in [0.2, 0.25) is 0 Å². The zero-order valence-electron chi connectivity index (χ0n) is 8.62. The summed E-state index contributed by atoms with van der Waals surface area (Å²) in [5, 5.41) is 1.46. The third-order valence-corrected chi connectivity index (χ3v) is 1.65. The number of rotatable bonds is 1. The Morgan fingerprint density at radius 1 is 1.58 bits per heavy atom. The largest absolute Gasteiger partial charge is 0.447 e. The lowest BCUT2D eigenvalue weighted by atomic mass is 10.4. The molecule has 0 aromatic rings. The van der Waals surface area contributed by atoms with Crippen molar-refractivity contribution in [2.24, 2.45) is 0 Å². The Morgan fingerprint density at radius 2 is 2.17 bits per heavy atom. The molecular weight excluding hydrogens is 156 g/mol. The molecule has 12 heavy (non-hydrogen) atoms.